The van der Waals surface area contributed by atoms with Crippen molar-refractivity contribution >= 4 is 23.2 Å². The van der Waals surface area contributed by atoms with E-state index in [1.54, 1.807) is 43.6 Å². The van der Waals surface area contributed by atoms with Crippen LogP contribution in [0.15, 0.2) is 60.8 Å². The summed E-state index contributed by atoms with van der Waals surface area (Å²) in [5.74, 6) is 0.469. The van der Waals surface area contributed by atoms with Gasteiger partial charge in [-0.2, -0.15) is 0 Å². The molecule has 3 rings (SSSR count). The van der Waals surface area contributed by atoms with Crippen LogP contribution < -0.4 is 10.1 Å². The van der Waals surface area contributed by atoms with Gasteiger partial charge in [0.15, 0.2) is 0 Å². The fourth-order valence-corrected chi connectivity index (χ4v) is 3.01. The summed E-state index contributed by atoms with van der Waals surface area (Å²) in [6.07, 6.45) is 1.55. The van der Waals surface area contributed by atoms with Gasteiger partial charge in [-0.3, -0.25) is 9.78 Å². The number of aromatic nitrogens is 1. The van der Waals surface area contributed by atoms with Crippen LogP contribution in [0, 0.1) is 0 Å². The number of nitrogens with zero attached hydrogens (tertiary/aromatic N) is 1. The van der Waals surface area contributed by atoms with E-state index in [1.165, 1.54) is 0 Å². The first-order valence-electron chi connectivity index (χ1n) is 9.00. The van der Waals surface area contributed by atoms with E-state index >= 15 is 0 Å². The molecule has 0 saturated heterocycles. The quantitative estimate of drug-likeness (QED) is 0.593. The van der Waals surface area contributed by atoms with E-state index in [0.717, 1.165) is 16.8 Å². The van der Waals surface area contributed by atoms with Crippen molar-refractivity contribution in [2.24, 2.45) is 0 Å². The maximum absolute atomic E-state index is 12.6. The highest BCUT2D eigenvalue weighted by molar-refractivity contribution is 6.31. The lowest BCUT2D eigenvalue weighted by Gasteiger charge is -2.19. The molecule has 0 aliphatic heterocycles. The minimum atomic E-state index is -0.205. The molecule has 0 aliphatic carbocycles. The molecule has 0 radical (unpaired) electrons. The van der Waals surface area contributed by atoms with Gasteiger partial charge in [-0.15, -0.1) is 0 Å². The highest BCUT2D eigenvalue weighted by atomic mass is 35.5. The second-order valence-corrected chi connectivity index (χ2v) is 8.00. The molecule has 0 fully saturated rings. The molecule has 5 heteroatoms. The van der Waals surface area contributed by atoms with Crippen LogP contribution in [0.5, 0.6) is 5.75 Å². The summed E-state index contributed by atoms with van der Waals surface area (Å²) in [4.78, 5) is 17.0. The first-order valence-corrected chi connectivity index (χ1v) is 9.37. The molecule has 1 amide bonds. The molecule has 0 bridgehead atoms. The standard InChI is InChI=1S/C23H23ClN2O2/c1-23(2,3)16-6-5-7-18(12-16)26-22(27)15-8-10-20(25-14-15)19-13-17(24)9-11-21(19)28-4/h5-14H,1-4H3,(H,26,27). The zero-order valence-corrected chi connectivity index (χ0v) is 17.2. The van der Waals surface area contributed by atoms with Crippen LogP contribution in [-0.4, -0.2) is 18.0 Å². The number of benzene rings is 2. The van der Waals surface area contributed by atoms with Gasteiger partial charge in [-0.25, -0.2) is 0 Å². The fourth-order valence-electron chi connectivity index (χ4n) is 2.83. The maximum Gasteiger partial charge on any atom is 0.257 e. The third-order valence-electron chi connectivity index (χ3n) is 4.45. The molecule has 3 aromatic rings. The largest absolute Gasteiger partial charge is 0.496 e. The number of methoxy groups -OCH3 is 1. The van der Waals surface area contributed by atoms with E-state index in [-0.39, 0.29) is 11.3 Å². The van der Waals surface area contributed by atoms with Crippen molar-refractivity contribution in [3.8, 4) is 17.0 Å². The molecule has 1 N–H and O–H groups in total. The predicted octanol–water partition coefficient (Wildman–Crippen LogP) is 5.96. The van der Waals surface area contributed by atoms with Crippen LogP contribution in [0.4, 0.5) is 5.69 Å². The minimum Gasteiger partial charge on any atom is -0.496 e. The van der Waals surface area contributed by atoms with Crippen molar-refractivity contribution in [2.45, 2.75) is 26.2 Å². The average Bonchev–Trinajstić information content (AvgIpc) is 2.67. The number of rotatable bonds is 4. The summed E-state index contributed by atoms with van der Waals surface area (Å²) >= 11 is 6.09. The van der Waals surface area contributed by atoms with Crippen LogP contribution in [0.2, 0.25) is 5.02 Å². The number of carbonyl (C=O) groups excluding carboxylic acids is 1. The second kappa shape index (κ2) is 8.03. The molecule has 28 heavy (non-hydrogen) atoms. The minimum absolute atomic E-state index is 0.0138. The zero-order valence-electron chi connectivity index (χ0n) is 16.4. The van der Waals surface area contributed by atoms with Gasteiger partial charge < -0.3 is 10.1 Å². The molecular formula is C23H23ClN2O2. The van der Waals surface area contributed by atoms with Crippen LogP contribution in [-0.2, 0) is 5.41 Å². The van der Waals surface area contributed by atoms with Crippen molar-refractivity contribution in [3.63, 3.8) is 0 Å². The number of amides is 1. The van der Waals surface area contributed by atoms with Crippen molar-refractivity contribution in [1.29, 1.82) is 0 Å². The fraction of sp³-hybridized carbons (Fsp3) is 0.217. The second-order valence-electron chi connectivity index (χ2n) is 7.56. The molecule has 0 unspecified atom stereocenters. The number of hydrogen-bond acceptors (Lipinski definition) is 3. The summed E-state index contributed by atoms with van der Waals surface area (Å²) in [7, 11) is 1.60. The van der Waals surface area contributed by atoms with E-state index in [0.29, 0.717) is 22.0 Å². The van der Waals surface area contributed by atoms with Crippen molar-refractivity contribution in [1.82, 2.24) is 4.98 Å². The lowest BCUT2D eigenvalue weighted by molar-refractivity contribution is 0.102. The van der Waals surface area contributed by atoms with Crippen LogP contribution in [0.3, 0.4) is 0 Å². The van der Waals surface area contributed by atoms with E-state index in [9.17, 15) is 4.79 Å². The van der Waals surface area contributed by atoms with Gasteiger partial charge in [0.2, 0.25) is 0 Å². The number of ether oxygens (including phenoxy) is 1. The van der Waals surface area contributed by atoms with E-state index in [4.69, 9.17) is 16.3 Å². The Morgan fingerprint density at radius 3 is 2.50 bits per heavy atom. The molecule has 1 aromatic heterocycles. The van der Waals surface area contributed by atoms with Crippen LogP contribution in [0.1, 0.15) is 36.7 Å². The summed E-state index contributed by atoms with van der Waals surface area (Å²) in [6, 6.07) is 16.8. The predicted molar refractivity (Wildman–Crippen MR) is 114 cm³/mol. The van der Waals surface area contributed by atoms with Crippen molar-refractivity contribution in [2.75, 3.05) is 12.4 Å². The van der Waals surface area contributed by atoms with Crippen molar-refractivity contribution < 1.29 is 9.53 Å². The van der Waals surface area contributed by atoms with Gasteiger partial charge in [0.25, 0.3) is 5.91 Å². The monoisotopic (exact) mass is 394 g/mol. The Balaban J connectivity index is 1.81. The van der Waals surface area contributed by atoms with Gasteiger partial charge in [0.05, 0.1) is 18.4 Å². The van der Waals surface area contributed by atoms with Crippen LogP contribution in [0.25, 0.3) is 11.3 Å². The number of hydrogen-bond donors (Lipinski definition) is 1. The van der Waals surface area contributed by atoms with Gasteiger partial charge >= 0.3 is 0 Å². The smallest absolute Gasteiger partial charge is 0.257 e. The van der Waals surface area contributed by atoms with E-state index in [2.05, 4.69) is 37.1 Å². The van der Waals surface area contributed by atoms with E-state index in [1.807, 2.05) is 18.2 Å². The summed E-state index contributed by atoms with van der Waals surface area (Å²) in [5.41, 5.74) is 3.88. The zero-order chi connectivity index (χ0) is 20.3. The molecule has 144 valence electrons. The Morgan fingerprint density at radius 2 is 1.86 bits per heavy atom. The van der Waals surface area contributed by atoms with Gasteiger partial charge in [-0.05, 0) is 53.4 Å². The number of carbonyl (C=O) groups is 1. The Kier molecular flexibility index (Phi) is 5.71. The third kappa shape index (κ3) is 4.52. The Labute approximate surface area is 170 Å². The first kappa shape index (κ1) is 19.9. The molecule has 4 nitrogen and oxygen atoms in total. The number of anilines is 1. The molecule has 0 saturated carbocycles. The van der Waals surface area contributed by atoms with Crippen molar-refractivity contribution in [3.05, 3.63) is 76.9 Å². The van der Waals surface area contributed by atoms with Gasteiger partial charge in [0.1, 0.15) is 5.75 Å². The lowest BCUT2D eigenvalue weighted by atomic mass is 9.87. The first-order chi connectivity index (χ1) is 13.3. The van der Waals surface area contributed by atoms with Gasteiger partial charge in [0, 0.05) is 22.5 Å². The third-order valence-corrected chi connectivity index (χ3v) is 4.68. The molecule has 0 spiro atoms. The Bertz CT molecular complexity index is 992. The topological polar surface area (TPSA) is 51.2 Å². The SMILES string of the molecule is COc1ccc(Cl)cc1-c1ccc(C(=O)Nc2cccc(C(C)(C)C)c2)cn1. The highest BCUT2D eigenvalue weighted by Gasteiger charge is 2.15. The Hall–Kier alpha value is -2.85. The molecular weight excluding hydrogens is 372 g/mol. The maximum atomic E-state index is 12.6. The molecule has 0 aliphatic rings. The van der Waals surface area contributed by atoms with Crippen LogP contribution >= 0.6 is 11.6 Å². The number of pyridine rings is 1. The normalized spacial score (nSPS) is 11.2. The Morgan fingerprint density at radius 1 is 1.07 bits per heavy atom. The highest BCUT2D eigenvalue weighted by Crippen LogP contribution is 2.31. The average molecular weight is 395 g/mol. The molecule has 0 atom stereocenters. The number of nitrogens with one attached hydrogen (secondary N) is 1. The summed E-state index contributed by atoms with van der Waals surface area (Å²) in [5, 5.41) is 3.53. The summed E-state index contributed by atoms with van der Waals surface area (Å²) in [6.45, 7) is 6.42. The van der Waals surface area contributed by atoms with E-state index < -0.39 is 0 Å². The number of halogens is 1. The van der Waals surface area contributed by atoms with Gasteiger partial charge in [-0.1, -0.05) is 44.5 Å². The lowest BCUT2D eigenvalue weighted by Crippen LogP contribution is -2.15. The summed E-state index contributed by atoms with van der Waals surface area (Å²) < 4.78 is 5.37. The molecule has 2 aromatic carbocycles. The molecule has 1 heterocycles.